The summed E-state index contributed by atoms with van der Waals surface area (Å²) in [6, 6.07) is 12.8. The minimum Gasteiger partial charge on any atom is -0.378 e. The SMILES string of the molecule is C[C@@H](Nc1cccc(CN2CCC(C(N)=O)CC2)c1)c1cccnc1. The number of pyridine rings is 1. The minimum atomic E-state index is -0.157. The van der Waals surface area contributed by atoms with Gasteiger partial charge in [0.2, 0.25) is 5.91 Å². The maximum Gasteiger partial charge on any atom is 0.220 e. The Morgan fingerprint density at radius 1 is 1.32 bits per heavy atom. The van der Waals surface area contributed by atoms with Crippen molar-refractivity contribution in [1.82, 2.24) is 9.88 Å². The average molecular weight is 338 g/mol. The third kappa shape index (κ3) is 4.79. The molecule has 1 aromatic carbocycles. The topological polar surface area (TPSA) is 71.2 Å². The Bertz CT molecular complexity index is 696. The van der Waals surface area contributed by atoms with Crippen molar-refractivity contribution in [3.63, 3.8) is 0 Å². The van der Waals surface area contributed by atoms with Crippen LogP contribution in [0.2, 0.25) is 0 Å². The molecular weight excluding hydrogens is 312 g/mol. The average Bonchev–Trinajstić information content (AvgIpc) is 2.63. The molecule has 1 aliphatic heterocycles. The summed E-state index contributed by atoms with van der Waals surface area (Å²) in [5.74, 6) is -0.111. The van der Waals surface area contributed by atoms with Gasteiger partial charge in [0.25, 0.3) is 0 Å². The number of likely N-dealkylation sites (tertiary alicyclic amines) is 1. The van der Waals surface area contributed by atoms with Crippen LogP contribution in [0, 0.1) is 5.92 Å². The highest BCUT2D eigenvalue weighted by Gasteiger charge is 2.22. The third-order valence-electron chi connectivity index (χ3n) is 4.89. The number of primary amides is 1. The van der Waals surface area contributed by atoms with E-state index in [0.717, 1.165) is 38.2 Å². The van der Waals surface area contributed by atoms with Crippen molar-refractivity contribution in [2.24, 2.45) is 11.7 Å². The van der Waals surface area contributed by atoms with Gasteiger partial charge in [0.15, 0.2) is 0 Å². The number of aromatic nitrogens is 1. The summed E-state index contributed by atoms with van der Waals surface area (Å²) in [6.45, 7) is 4.90. The lowest BCUT2D eigenvalue weighted by molar-refractivity contribution is -0.123. The quantitative estimate of drug-likeness (QED) is 0.849. The first-order valence-electron chi connectivity index (χ1n) is 8.89. The fourth-order valence-electron chi connectivity index (χ4n) is 3.36. The first kappa shape index (κ1) is 17.4. The van der Waals surface area contributed by atoms with Crippen molar-refractivity contribution in [2.45, 2.75) is 32.4 Å². The molecule has 5 heteroatoms. The van der Waals surface area contributed by atoms with Crippen LogP contribution in [0.3, 0.4) is 0 Å². The van der Waals surface area contributed by atoms with E-state index in [-0.39, 0.29) is 17.9 Å². The predicted octanol–water partition coefficient (Wildman–Crippen LogP) is 2.95. The minimum absolute atomic E-state index is 0.0459. The largest absolute Gasteiger partial charge is 0.378 e. The number of nitrogens with one attached hydrogen (secondary N) is 1. The number of hydrogen-bond acceptors (Lipinski definition) is 4. The summed E-state index contributed by atoms with van der Waals surface area (Å²) in [6.07, 6.45) is 5.42. The van der Waals surface area contributed by atoms with E-state index in [4.69, 9.17) is 5.73 Å². The maximum atomic E-state index is 11.3. The fraction of sp³-hybridized carbons (Fsp3) is 0.400. The van der Waals surface area contributed by atoms with Crippen LogP contribution < -0.4 is 11.1 Å². The van der Waals surface area contributed by atoms with Crippen LogP contribution in [-0.2, 0) is 11.3 Å². The standard InChI is InChI=1S/C20H26N4O/c1-15(18-5-3-9-22-13-18)23-19-6-2-4-16(12-19)14-24-10-7-17(8-11-24)20(21)25/h2-6,9,12-13,15,17,23H,7-8,10-11,14H2,1H3,(H2,21,25)/t15-/m1/s1. The first-order chi connectivity index (χ1) is 12.1. The summed E-state index contributed by atoms with van der Waals surface area (Å²) in [4.78, 5) is 17.8. The van der Waals surface area contributed by atoms with Crippen LogP contribution in [0.5, 0.6) is 0 Å². The molecular formula is C20H26N4O. The summed E-state index contributed by atoms with van der Waals surface area (Å²) in [5, 5.41) is 3.54. The summed E-state index contributed by atoms with van der Waals surface area (Å²) < 4.78 is 0. The molecule has 3 rings (SSSR count). The van der Waals surface area contributed by atoms with Gasteiger partial charge in [0.1, 0.15) is 0 Å². The van der Waals surface area contributed by atoms with E-state index in [9.17, 15) is 4.79 Å². The maximum absolute atomic E-state index is 11.3. The molecule has 25 heavy (non-hydrogen) atoms. The van der Waals surface area contributed by atoms with Gasteiger partial charge in [-0.05, 0) is 62.2 Å². The molecule has 132 valence electrons. The van der Waals surface area contributed by atoms with Gasteiger partial charge in [0.05, 0.1) is 6.04 Å². The number of hydrogen-bond donors (Lipinski definition) is 2. The van der Waals surface area contributed by atoms with Crippen molar-refractivity contribution in [1.29, 1.82) is 0 Å². The van der Waals surface area contributed by atoms with Crippen molar-refractivity contribution in [2.75, 3.05) is 18.4 Å². The number of piperidine rings is 1. The molecule has 2 aromatic rings. The zero-order valence-electron chi connectivity index (χ0n) is 14.7. The van der Waals surface area contributed by atoms with Gasteiger partial charge in [-0.25, -0.2) is 0 Å². The van der Waals surface area contributed by atoms with Gasteiger partial charge in [-0.15, -0.1) is 0 Å². The Hall–Kier alpha value is -2.40. The third-order valence-corrected chi connectivity index (χ3v) is 4.89. The molecule has 1 atom stereocenters. The number of carbonyl (C=O) groups excluding carboxylic acids is 1. The Kier molecular flexibility index (Phi) is 5.66. The Morgan fingerprint density at radius 2 is 2.12 bits per heavy atom. The number of benzene rings is 1. The molecule has 1 aliphatic rings. The van der Waals surface area contributed by atoms with Crippen molar-refractivity contribution in [3.8, 4) is 0 Å². The normalized spacial score (nSPS) is 17.2. The number of carbonyl (C=O) groups is 1. The lowest BCUT2D eigenvalue weighted by Crippen LogP contribution is -2.38. The van der Waals surface area contributed by atoms with Crippen LogP contribution in [0.1, 0.15) is 36.9 Å². The molecule has 0 radical (unpaired) electrons. The van der Waals surface area contributed by atoms with E-state index in [1.807, 2.05) is 12.3 Å². The van der Waals surface area contributed by atoms with E-state index in [2.05, 4.69) is 52.5 Å². The predicted molar refractivity (Wildman–Crippen MR) is 99.9 cm³/mol. The lowest BCUT2D eigenvalue weighted by Gasteiger charge is -2.30. The number of amides is 1. The zero-order chi connectivity index (χ0) is 17.6. The summed E-state index contributed by atoms with van der Waals surface area (Å²) in [7, 11) is 0. The number of anilines is 1. The second-order valence-corrected chi connectivity index (χ2v) is 6.81. The van der Waals surface area contributed by atoms with E-state index in [1.54, 1.807) is 6.20 Å². The molecule has 1 fully saturated rings. The smallest absolute Gasteiger partial charge is 0.220 e. The molecule has 5 nitrogen and oxygen atoms in total. The number of nitrogens with zero attached hydrogens (tertiary/aromatic N) is 2. The molecule has 1 saturated heterocycles. The van der Waals surface area contributed by atoms with E-state index < -0.39 is 0 Å². The van der Waals surface area contributed by atoms with Gasteiger partial charge >= 0.3 is 0 Å². The molecule has 2 heterocycles. The van der Waals surface area contributed by atoms with Gasteiger partial charge in [0, 0.05) is 30.5 Å². The first-order valence-corrected chi connectivity index (χ1v) is 8.89. The van der Waals surface area contributed by atoms with Crippen LogP contribution in [0.25, 0.3) is 0 Å². The molecule has 0 aliphatic carbocycles. The van der Waals surface area contributed by atoms with E-state index in [0.29, 0.717) is 0 Å². The highest BCUT2D eigenvalue weighted by Crippen LogP contribution is 2.22. The van der Waals surface area contributed by atoms with Gasteiger partial charge < -0.3 is 11.1 Å². The highest BCUT2D eigenvalue weighted by atomic mass is 16.1. The molecule has 0 bridgehead atoms. The van der Waals surface area contributed by atoms with Crippen molar-refractivity contribution in [3.05, 3.63) is 59.9 Å². The second-order valence-electron chi connectivity index (χ2n) is 6.81. The molecule has 0 spiro atoms. The van der Waals surface area contributed by atoms with Gasteiger partial charge in [-0.1, -0.05) is 18.2 Å². The van der Waals surface area contributed by atoms with Crippen molar-refractivity contribution < 1.29 is 4.79 Å². The Balaban J connectivity index is 1.58. The van der Waals surface area contributed by atoms with Crippen LogP contribution in [-0.4, -0.2) is 28.9 Å². The zero-order valence-corrected chi connectivity index (χ0v) is 14.7. The number of rotatable bonds is 6. The molecule has 0 unspecified atom stereocenters. The summed E-state index contributed by atoms with van der Waals surface area (Å²) in [5.41, 5.74) is 8.97. The Labute approximate surface area is 149 Å². The van der Waals surface area contributed by atoms with E-state index in [1.165, 1.54) is 11.1 Å². The Morgan fingerprint density at radius 3 is 2.80 bits per heavy atom. The number of nitrogens with two attached hydrogens (primary N) is 1. The lowest BCUT2D eigenvalue weighted by atomic mass is 9.96. The summed E-state index contributed by atoms with van der Waals surface area (Å²) >= 11 is 0. The molecule has 3 N–H and O–H groups in total. The highest BCUT2D eigenvalue weighted by molar-refractivity contribution is 5.76. The fourth-order valence-corrected chi connectivity index (χ4v) is 3.36. The van der Waals surface area contributed by atoms with Crippen molar-refractivity contribution >= 4 is 11.6 Å². The molecule has 0 saturated carbocycles. The molecule has 1 aromatic heterocycles. The monoisotopic (exact) mass is 338 g/mol. The van der Waals surface area contributed by atoms with Crippen LogP contribution >= 0.6 is 0 Å². The van der Waals surface area contributed by atoms with E-state index >= 15 is 0 Å². The van der Waals surface area contributed by atoms with Crippen LogP contribution in [0.4, 0.5) is 5.69 Å². The van der Waals surface area contributed by atoms with Crippen LogP contribution in [0.15, 0.2) is 48.8 Å². The van der Waals surface area contributed by atoms with Gasteiger partial charge in [-0.2, -0.15) is 0 Å². The second kappa shape index (κ2) is 8.12. The van der Waals surface area contributed by atoms with Gasteiger partial charge in [-0.3, -0.25) is 14.7 Å². The molecule has 1 amide bonds.